The van der Waals surface area contributed by atoms with E-state index in [1.807, 2.05) is 0 Å². The molecule has 0 radical (unpaired) electrons. The predicted molar refractivity (Wildman–Crippen MR) is 55.0 cm³/mol. The Morgan fingerprint density at radius 1 is 1.47 bits per heavy atom. The molecule has 2 fully saturated rings. The topological polar surface area (TPSA) is 68.2 Å². The molecule has 3 rings (SSSR count). The lowest BCUT2D eigenvalue weighted by Crippen LogP contribution is -2.34. The molecular weight excluding hydrogens is 192 g/mol. The second-order valence-electron chi connectivity index (χ2n) is 4.65. The molecule has 82 valence electrons. The van der Waals surface area contributed by atoms with Crippen molar-refractivity contribution in [2.24, 2.45) is 5.92 Å². The van der Waals surface area contributed by atoms with Crippen molar-refractivity contribution < 1.29 is 4.42 Å². The first-order valence-electron chi connectivity index (χ1n) is 5.60. The van der Waals surface area contributed by atoms with Crippen LogP contribution in [0, 0.1) is 5.92 Å². The van der Waals surface area contributed by atoms with Gasteiger partial charge in [-0.2, -0.15) is 0 Å². The van der Waals surface area contributed by atoms with Crippen LogP contribution in [0.3, 0.4) is 0 Å². The zero-order valence-corrected chi connectivity index (χ0v) is 8.89. The number of anilines is 1. The summed E-state index contributed by atoms with van der Waals surface area (Å²) in [5.41, 5.74) is 5.47. The maximum Gasteiger partial charge on any atom is 0.312 e. The Hall–Kier alpha value is -1.10. The molecule has 1 aromatic heterocycles. The van der Waals surface area contributed by atoms with E-state index in [1.165, 1.54) is 19.3 Å². The third kappa shape index (κ3) is 1.33. The summed E-state index contributed by atoms with van der Waals surface area (Å²) in [5, 5.41) is 7.78. The number of piperidine rings is 1. The molecule has 2 aliphatic heterocycles. The van der Waals surface area contributed by atoms with Gasteiger partial charge in [0, 0.05) is 6.04 Å². The van der Waals surface area contributed by atoms with E-state index in [-0.39, 0.29) is 6.01 Å². The molecule has 0 aliphatic carbocycles. The number of fused-ring (bicyclic) bond motifs is 2. The minimum absolute atomic E-state index is 0.184. The Labute approximate surface area is 88.6 Å². The van der Waals surface area contributed by atoms with Gasteiger partial charge in [-0.25, -0.2) is 0 Å². The number of hydrogen-bond acceptors (Lipinski definition) is 5. The van der Waals surface area contributed by atoms with Crippen LogP contribution in [0.4, 0.5) is 6.01 Å². The lowest BCUT2D eigenvalue weighted by molar-refractivity contribution is 0.126. The Morgan fingerprint density at radius 3 is 3.00 bits per heavy atom. The van der Waals surface area contributed by atoms with Crippen LogP contribution in [0.15, 0.2) is 4.42 Å². The Balaban J connectivity index is 1.93. The van der Waals surface area contributed by atoms with Crippen LogP contribution in [0.2, 0.25) is 0 Å². The molecular formula is C10H16N4O. The minimum Gasteiger partial charge on any atom is -0.407 e. The highest BCUT2D eigenvalue weighted by Crippen LogP contribution is 2.45. The van der Waals surface area contributed by atoms with Gasteiger partial charge in [-0.15, -0.1) is 5.10 Å². The normalized spacial score (nSPS) is 39.5. The molecule has 2 N–H and O–H groups in total. The van der Waals surface area contributed by atoms with Crippen molar-refractivity contribution in [3.63, 3.8) is 0 Å². The van der Waals surface area contributed by atoms with E-state index >= 15 is 0 Å². The fraction of sp³-hybridized carbons (Fsp3) is 0.800. The van der Waals surface area contributed by atoms with Crippen molar-refractivity contribution in [3.8, 4) is 0 Å². The van der Waals surface area contributed by atoms with Gasteiger partial charge in [0.1, 0.15) is 0 Å². The van der Waals surface area contributed by atoms with Crippen LogP contribution in [-0.2, 0) is 0 Å². The lowest BCUT2D eigenvalue weighted by Gasteiger charge is -2.31. The molecule has 4 atom stereocenters. The molecule has 2 bridgehead atoms. The van der Waals surface area contributed by atoms with E-state index in [4.69, 9.17) is 10.2 Å². The van der Waals surface area contributed by atoms with E-state index in [0.717, 1.165) is 6.54 Å². The quantitative estimate of drug-likeness (QED) is 0.751. The summed E-state index contributed by atoms with van der Waals surface area (Å²) in [5.74, 6) is 1.38. The largest absolute Gasteiger partial charge is 0.407 e. The zero-order chi connectivity index (χ0) is 10.4. The smallest absolute Gasteiger partial charge is 0.312 e. The third-order valence-corrected chi connectivity index (χ3v) is 3.71. The molecule has 0 spiro atoms. The van der Waals surface area contributed by atoms with Crippen LogP contribution in [-0.4, -0.2) is 27.7 Å². The molecule has 2 saturated heterocycles. The van der Waals surface area contributed by atoms with E-state index in [0.29, 0.717) is 23.9 Å². The van der Waals surface area contributed by atoms with Gasteiger partial charge < -0.3 is 10.2 Å². The second-order valence-corrected chi connectivity index (χ2v) is 4.65. The number of aromatic nitrogens is 2. The number of nitrogens with zero attached hydrogens (tertiary/aromatic N) is 3. The zero-order valence-electron chi connectivity index (χ0n) is 8.89. The first-order valence-corrected chi connectivity index (χ1v) is 5.60. The number of nitrogens with two attached hydrogens (primary N) is 1. The standard InChI is InChI=1S/C10H16N4O/c1-6-5-7-3-2-4-14(6)8(7)9-12-13-10(11)15-9/h6-8H,2-5H2,1H3,(H2,11,13). The molecule has 1 aromatic rings. The van der Waals surface area contributed by atoms with Crippen LogP contribution in [0.5, 0.6) is 0 Å². The summed E-state index contributed by atoms with van der Waals surface area (Å²) in [7, 11) is 0. The molecule has 15 heavy (non-hydrogen) atoms. The molecule has 5 nitrogen and oxygen atoms in total. The number of nitrogen functional groups attached to an aromatic ring is 1. The highest BCUT2D eigenvalue weighted by atomic mass is 16.4. The number of hydrogen-bond donors (Lipinski definition) is 1. The average Bonchev–Trinajstić information content (AvgIpc) is 2.69. The molecule has 0 amide bonds. The molecule has 0 aromatic carbocycles. The minimum atomic E-state index is 0.184. The summed E-state index contributed by atoms with van der Waals surface area (Å²) >= 11 is 0. The highest BCUT2D eigenvalue weighted by Gasteiger charge is 2.44. The van der Waals surface area contributed by atoms with Gasteiger partial charge in [0.25, 0.3) is 0 Å². The van der Waals surface area contributed by atoms with Gasteiger partial charge in [-0.3, -0.25) is 4.90 Å². The summed E-state index contributed by atoms with van der Waals surface area (Å²) < 4.78 is 5.37. The van der Waals surface area contributed by atoms with Gasteiger partial charge in [0.15, 0.2) is 0 Å². The summed E-state index contributed by atoms with van der Waals surface area (Å²) in [4.78, 5) is 2.47. The van der Waals surface area contributed by atoms with Crippen molar-refractivity contribution in [2.45, 2.75) is 38.3 Å². The van der Waals surface area contributed by atoms with Crippen molar-refractivity contribution in [1.82, 2.24) is 15.1 Å². The summed E-state index contributed by atoms with van der Waals surface area (Å²) in [6.45, 7) is 3.42. The van der Waals surface area contributed by atoms with E-state index < -0.39 is 0 Å². The summed E-state index contributed by atoms with van der Waals surface area (Å²) in [6, 6.07) is 1.14. The maximum atomic E-state index is 5.47. The SMILES string of the molecule is CC1CC2CCCN1C2c1nnc(N)o1. The van der Waals surface area contributed by atoms with Gasteiger partial charge in [-0.05, 0) is 38.6 Å². The van der Waals surface area contributed by atoms with Gasteiger partial charge in [0.05, 0.1) is 6.04 Å². The monoisotopic (exact) mass is 208 g/mol. The first-order chi connectivity index (χ1) is 7.25. The lowest BCUT2D eigenvalue weighted by atomic mass is 9.92. The first kappa shape index (κ1) is 9.15. The van der Waals surface area contributed by atoms with Gasteiger partial charge in [-0.1, -0.05) is 5.10 Å². The van der Waals surface area contributed by atoms with Crippen molar-refractivity contribution in [2.75, 3.05) is 12.3 Å². The Bertz CT molecular complexity index is 364. The van der Waals surface area contributed by atoms with E-state index in [9.17, 15) is 0 Å². The molecule has 5 heteroatoms. The van der Waals surface area contributed by atoms with Crippen molar-refractivity contribution in [1.29, 1.82) is 0 Å². The molecule has 0 saturated carbocycles. The predicted octanol–water partition coefficient (Wildman–Crippen LogP) is 1.20. The van der Waals surface area contributed by atoms with Crippen LogP contribution in [0.1, 0.15) is 38.1 Å². The molecule has 2 aliphatic rings. The van der Waals surface area contributed by atoms with E-state index in [1.54, 1.807) is 0 Å². The van der Waals surface area contributed by atoms with Crippen molar-refractivity contribution in [3.05, 3.63) is 5.89 Å². The van der Waals surface area contributed by atoms with Crippen LogP contribution < -0.4 is 5.73 Å². The third-order valence-electron chi connectivity index (χ3n) is 3.71. The number of rotatable bonds is 1. The van der Waals surface area contributed by atoms with Crippen molar-refractivity contribution >= 4 is 6.01 Å². The van der Waals surface area contributed by atoms with Crippen LogP contribution >= 0.6 is 0 Å². The molecule has 3 heterocycles. The van der Waals surface area contributed by atoms with Crippen LogP contribution in [0.25, 0.3) is 0 Å². The average molecular weight is 208 g/mol. The Morgan fingerprint density at radius 2 is 2.33 bits per heavy atom. The highest BCUT2D eigenvalue weighted by molar-refractivity contribution is 5.10. The van der Waals surface area contributed by atoms with Gasteiger partial charge >= 0.3 is 6.01 Å². The van der Waals surface area contributed by atoms with Gasteiger partial charge in [0.2, 0.25) is 5.89 Å². The summed E-state index contributed by atoms with van der Waals surface area (Å²) in [6.07, 6.45) is 3.80. The fourth-order valence-electron chi connectivity index (χ4n) is 3.13. The molecule has 4 unspecified atom stereocenters. The Kier molecular flexibility index (Phi) is 1.95. The van der Waals surface area contributed by atoms with E-state index in [2.05, 4.69) is 22.0 Å². The fourth-order valence-corrected chi connectivity index (χ4v) is 3.13. The maximum absolute atomic E-state index is 5.47. The second kappa shape index (κ2) is 3.20.